The normalized spacial score (nSPS) is 11.3. The molecule has 0 atom stereocenters. The molecule has 0 fully saturated rings. The predicted octanol–water partition coefficient (Wildman–Crippen LogP) is 4.26. The number of halogens is 1. The largest absolute Gasteiger partial charge is 0.477 e. The summed E-state index contributed by atoms with van der Waals surface area (Å²) in [4.78, 5) is 22.9. The number of aromatic carboxylic acids is 1. The van der Waals surface area contributed by atoms with Crippen molar-refractivity contribution in [2.75, 3.05) is 0 Å². The van der Waals surface area contributed by atoms with Gasteiger partial charge in [-0.15, -0.1) is 11.3 Å². The number of thiophene rings is 1. The number of carboxylic acids is 1. The van der Waals surface area contributed by atoms with E-state index in [0.29, 0.717) is 4.88 Å². The molecule has 0 aromatic carbocycles. The second kappa shape index (κ2) is 7.22. The van der Waals surface area contributed by atoms with Gasteiger partial charge >= 0.3 is 11.9 Å². The maximum atomic E-state index is 11.2. The summed E-state index contributed by atoms with van der Waals surface area (Å²) in [5.41, 5.74) is -0.401. The Bertz CT molecular complexity index is 466. The molecule has 4 nitrogen and oxygen atoms in total. The van der Waals surface area contributed by atoms with Crippen LogP contribution in [0.1, 0.15) is 49.2 Å². The maximum Gasteiger partial charge on any atom is 0.345 e. The van der Waals surface area contributed by atoms with Crippen LogP contribution >= 0.6 is 27.3 Å². The summed E-state index contributed by atoms with van der Waals surface area (Å²) in [5.74, 6) is -1.07. The van der Waals surface area contributed by atoms with Gasteiger partial charge in [0.2, 0.25) is 0 Å². The van der Waals surface area contributed by atoms with Crippen LogP contribution in [0.25, 0.3) is 0 Å². The molecule has 1 aromatic heterocycles. The predicted molar refractivity (Wildman–Crippen MR) is 84.9 cm³/mol. The average Bonchev–Trinajstić information content (AvgIpc) is 2.61. The molecule has 0 unspecified atom stereocenters. The first-order valence-corrected chi connectivity index (χ1v) is 7.66. The highest BCUT2D eigenvalue weighted by Crippen LogP contribution is 2.21. The average molecular weight is 365 g/mol. The topological polar surface area (TPSA) is 63.6 Å². The third-order valence-corrected chi connectivity index (χ3v) is 3.15. The molecular weight excluding hydrogens is 344 g/mol. The Morgan fingerprint density at radius 3 is 1.85 bits per heavy atom. The molecule has 0 aliphatic carbocycles. The van der Waals surface area contributed by atoms with Crippen molar-refractivity contribution in [2.24, 2.45) is 0 Å². The molecule has 0 amide bonds. The van der Waals surface area contributed by atoms with E-state index in [2.05, 4.69) is 15.9 Å². The molecule has 0 spiro atoms. The Hall–Kier alpha value is -0.880. The van der Waals surface area contributed by atoms with Crippen molar-refractivity contribution in [1.29, 1.82) is 0 Å². The third kappa shape index (κ3) is 8.32. The number of esters is 1. The van der Waals surface area contributed by atoms with Gasteiger partial charge in [0.25, 0.3) is 0 Å². The van der Waals surface area contributed by atoms with E-state index in [1.54, 1.807) is 26.0 Å². The quantitative estimate of drug-likeness (QED) is 0.628. The van der Waals surface area contributed by atoms with Crippen LogP contribution in [0.4, 0.5) is 0 Å². The highest BCUT2D eigenvalue weighted by atomic mass is 79.9. The molecule has 1 N–H and O–H groups in total. The summed E-state index contributed by atoms with van der Waals surface area (Å²) < 4.78 is 4.53. The number of alkyl halides is 1. The SMILES string of the molecule is CC(C)(C)OC(=O)C(C)(C)Br.Cc1ccc(C(=O)O)s1. The lowest BCUT2D eigenvalue weighted by Gasteiger charge is -2.24. The Labute approximate surface area is 132 Å². The standard InChI is InChI=1S/C8H15BrO2.C6H6O2S/c1-7(2,3)11-6(10)8(4,5)9;1-4-2-3-5(9-4)6(7)8/h1-5H3;2-3H,1H3,(H,7,8). The highest BCUT2D eigenvalue weighted by molar-refractivity contribution is 9.10. The lowest BCUT2D eigenvalue weighted by atomic mass is 10.1. The van der Waals surface area contributed by atoms with E-state index in [4.69, 9.17) is 9.84 Å². The summed E-state index contributed by atoms with van der Waals surface area (Å²) in [6.07, 6.45) is 0. The number of carbonyl (C=O) groups excluding carboxylic acids is 1. The minimum Gasteiger partial charge on any atom is -0.477 e. The van der Waals surface area contributed by atoms with Gasteiger partial charge in [-0.3, -0.25) is 4.79 Å². The number of carbonyl (C=O) groups is 2. The second-order valence-corrected chi connectivity index (χ2v) is 8.96. The van der Waals surface area contributed by atoms with Crippen LogP contribution in [0.15, 0.2) is 12.1 Å². The van der Waals surface area contributed by atoms with E-state index in [0.717, 1.165) is 4.88 Å². The minimum atomic E-state index is -0.840. The van der Waals surface area contributed by atoms with Gasteiger partial charge in [0.05, 0.1) is 0 Å². The van der Waals surface area contributed by atoms with Gasteiger partial charge in [-0.1, -0.05) is 15.9 Å². The molecule has 6 heteroatoms. The zero-order valence-corrected chi connectivity index (χ0v) is 15.0. The molecule has 0 aliphatic rings. The fourth-order valence-corrected chi connectivity index (χ4v) is 1.74. The number of rotatable bonds is 2. The van der Waals surface area contributed by atoms with Gasteiger partial charge < -0.3 is 9.84 Å². The molecule has 0 bridgehead atoms. The summed E-state index contributed by atoms with van der Waals surface area (Å²) in [5, 5.41) is 8.41. The fraction of sp³-hybridized carbons (Fsp3) is 0.571. The van der Waals surface area contributed by atoms with Crippen LogP contribution < -0.4 is 0 Å². The monoisotopic (exact) mass is 364 g/mol. The minimum absolute atomic E-state index is 0.231. The van der Waals surface area contributed by atoms with Crippen LogP contribution in [-0.2, 0) is 9.53 Å². The van der Waals surface area contributed by atoms with E-state index in [-0.39, 0.29) is 5.97 Å². The molecule has 1 aromatic rings. The number of carboxylic acid groups (broad SMARTS) is 1. The Morgan fingerprint density at radius 1 is 1.20 bits per heavy atom. The third-order valence-electron chi connectivity index (χ3n) is 1.84. The number of aryl methyl sites for hydroxylation is 1. The van der Waals surface area contributed by atoms with Crippen molar-refractivity contribution in [1.82, 2.24) is 0 Å². The van der Waals surface area contributed by atoms with Gasteiger partial charge in [0, 0.05) is 4.88 Å². The molecule has 20 heavy (non-hydrogen) atoms. The first-order valence-electron chi connectivity index (χ1n) is 6.05. The van der Waals surface area contributed by atoms with Crippen molar-refractivity contribution in [3.8, 4) is 0 Å². The van der Waals surface area contributed by atoms with Crippen molar-refractivity contribution in [3.05, 3.63) is 21.9 Å². The summed E-state index contributed by atoms with van der Waals surface area (Å²) in [7, 11) is 0. The van der Waals surface area contributed by atoms with Crippen molar-refractivity contribution >= 4 is 39.2 Å². The smallest absolute Gasteiger partial charge is 0.345 e. The molecule has 114 valence electrons. The van der Waals surface area contributed by atoms with Gasteiger partial charge in [0.1, 0.15) is 14.8 Å². The molecule has 1 heterocycles. The maximum absolute atomic E-state index is 11.2. The van der Waals surface area contributed by atoms with Crippen molar-refractivity contribution in [3.63, 3.8) is 0 Å². The Balaban J connectivity index is 0.000000367. The molecular formula is C14H21BrO4S. The van der Waals surface area contributed by atoms with Crippen LogP contribution in [-0.4, -0.2) is 27.0 Å². The van der Waals surface area contributed by atoms with Gasteiger partial charge in [-0.05, 0) is 53.7 Å². The van der Waals surface area contributed by atoms with Gasteiger partial charge in [-0.25, -0.2) is 4.79 Å². The van der Waals surface area contributed by atoms with Crippen LogP contribution in [0, 0.1) is 6.92 Å². The molecule has 0 saturated carbocycles. The molecule has 1 rings (SSSR count). The second-order valence-electron chi connectivity index (χ2n) is 5.69. The van der Waals surface area contributed by atoms with Crippen molar-refractivity contribution in [2.45, 2.75) is 51.5 Å². The van der Waals surface area contributed by atoms with E-state index < -0.39 is 15.9 Å². The van der Waals surface area contributed by atoms with E-state index in [1.807, 2.05) is 27.7 Å². The fourth-order valence-electron chi connectivity index (χ4n) is 0.949. The first kappa shape index (κ1) is 19.1. The summed E-state index contributed by atoms with van der Waals surface area (Å²) in [6.45, 7) is 11.0. The van der Waals surface area contributed by atoms with E-state index in [1.165, 1.54) is 11.3 Å². The van der Waals surface area contributed by atoms with Crippen molar-refractivity contribution < 1.29 is 19.4 Å². The zero-order chi connectivity index (χ0) is 16.1. The Kier molecular flexibility index (Phi) is 6.90. The zero-order valence-electron chi connectivity index (χ0n) is 12.6. The summed E-state index contributed by atoms with van der Waals surface area (Å²) >= 11 is 4.52. The molecule has 0 saturated heterocycles. The van der Waals surface area contributed by atoms with Gasteiger partial charge in [-0.2, -0.15) is 0 Å². The summed E-state index contributed by atoms with van der Waals surface area (Å²) in [6, 6.07) is 3.41. The molecule has 0 radical (unpaired) electrons. The van der Waals surface area contributed by atoms with Crippen LogP contribution in [0.5, 0.6) is 0 Å². The van der Waals surface area contributed by atoms with E-state index in [9.17, 15) is 9.59 Å². The van der Waals surface area contributed by atoms with Gasteiger partial charge in [0.15, 0.2) is 0 Å². The lowest BCUT2D eigenvalue weighted by molar-refractivity contribution is -0.156. The highest BCUT2D eigenvalue weighted by Gasteiger charge is 2.29. The van der Waals surface area contributed by atoms with E-state index >= 15 is 0 Å². The lowest BCUT2D eigenvalue weighted by Crippen LogP contribution is -2.34. The number of hydrogen-bond donors (Lipinski definition) is 1. The van der Waals surface area contributed by atoms with Crippen LogP contribution in [0.2, 0.25) is 0 Å². The first-order chi connectivity index (χ1) is 8.83. The number of hydrogen-bond acceptors (Lipinski definition) is 4. The molecule has 0 aliphatic heterocycles. The Morgan fingerprint density at radius 2 is 1.70 bits per heavy atom. The number of ether oxygens (including phenoxy) is 1. The van der Waals surface area contributed by atoms with Crippen LogP contribution in [0.3, 0.4) is 0 Å².